The largest absolute Gasteiger partial charge is 0.435 e. The first kappa shape index (κ1) is 32.4. The van der Waals surface area contributed by atoms with E-state index in [2.05, 4.69) is 10.3 Å². The number of halogens is 8. The summed E-state index contributed by atoms with van der Waals surface area (Å²) in [5.41, 5.74) is -6.92. The summed E-state index contributed by atoms with van der Waals surface area (Å²) >= 11 is 0. The molecule has 1 fully saturated rings. The molecule has 0 aliphatic heterocycles. The number of nitrogens with zero attached hydrogens (tertiary/aromatic N) is 1. The van der Waals surface area contributed by atoms with Crippen molar-refractivity contribution in [2.45, 2.75) is 66.3 Å². The minimum Gasteiger partial charge on any atom is -0.353 e. The highest BCUT2D eigenvalue weighted by atomic mass is 32.2. The second kappa shape index (κ2) is 11.5. The summed E-state index contributed by atoms with van der Waals surface area (Å²) in [6.07, 6.45) is -9.96. The number of benzene rings is 2. The van der Waals surface area contributed by atoms with Gasteiger partial charge in [0.05, 0.1) is 11.3 Å². The van der Waals surface area contributed by atoms with Gasteiger partial charge in [-0.05, 0) is 72.7 Å². The highest BCUT2D eigenvalue weighted by molar-refractivity contribution is 7.92. The maximum absolute atomic E-state index is 14.7. The van der Waals surface area contributed by atoms with E-state index in [0.717, 1.165) is 36.4 Å². The zero-order valence-electron chi connectivity index (χ0n) is 22.5. The van der Waals surface area contributed by atoms with Crippen molar-refractivity contribution in [2.75, 3.05) is 0 Å². The van der Waals surface area contributed by atoms with E-state index < -0.39 is 55.9 Å². The van der Waals surface area contributed by atoms with Gasteiger partial charge >= 0.3 is 18.0 Å². The minimum atomic E-state index is -6.34. The molecule has 5 nitrogen and oxygen atoms in total. The quantitative estimate of drug-likeness (QED) is 0.231. The van der Waals surface area contributed by atoms with Crippen LogP contribution in [0.4, 0.5) is 35.1 Å². The maximum atomic E-state index is 14.7. The fraction of sp³-hybridized carbons (Fsp3) is 0.379. The molecule has 1 aliphatic carbocycles. The van der Waals surface area contributed by atoms with Gasteiger partial charge in [-0.15, -0.1) is 0 Å². The van der Waals surface area contributed by atoms with Crippen molar-refractivity contribution in [3.8, 4) is 0 Å². The van der Waals surface area contributed by atoms with Crippen molar-refractivity contribution < 1.29 is 48.3 Å². The Morgan fingerprint density at radius 3 is 1.98 bits per heavy atom. The summed E-state index contributed by atoms with van der Waals surface area (Å²) in [5, 5.41) is 2.86. The van der Waals surface area contributed by atoms with Crippen molar-refractivity contribution >= 4 is 15.7 Å². The van der Waals surface area contributed by atoms with E-state index >= 15 is 0 Å². The van der Waals surface area contributed by atoms with Crippen molar-refractivity contribution in [2.24, 2.45) is 5.92 Å². The van der Waals surface area contributed by atoms with Crippen molar-refractivity contribution in [3.63, 3.8) is 0 Å². The lowest BCUT2D eigenvalue weighted by Crippen LogP contribution is -2.51. The molecule has 1 unspecified atom stereocenters. The SMILES string of the molecule is C[C@@H]1C[C@](c2ccc(C(F)(C(F)(F)F)C(F)(F)F)cc2)(S(=O)(=O)c2ccc(F)cc2)CCC1NC(=O)Cc1ccncc1. The van der Waals surface area contributed by atoms with E-state index in [0.29, 0.717) is 5.56 Å². The van der Waals surface area contributed by atoms with Gasteiger partial charge in [0.15, 0.2) is 9.84 Å². The van der Waals surface area contributed by atoms with Gasteiger partial charge in [-0.3, -0.25) is 9.78 Å². The van der Waals surface area contributed by atoms with Crippen LogP contribution < -0.4 is 5.32 Å². The Bertz CT molecular complexity index is 1530. The lowest BCUT2D eigenvalue weighted by atomic mass is 9.74. The third-order valence-corrected chi connectivity index (χ3v) is 10.4. The Morgan fingerprint density at radius 2 is 1.47 bits per heavy atom. The van der Waals surface area contributed by atoms with Crippen molar-refractivity contribution in [1.82, 2.24) is 10.3 Å². The number of rotatable bonds is 7. The number of alkyl halides is 7. The van der Waals surface area contributed by atoms with Crippen LogP contribution in [-0.4, -0.2) is 37.7 Å². The lowest BCUT2D eigenvalue weighted by molar-refractivity contribution is -0.348. The number of nitrogens with one attached hydrogen (secondary N) is 1. The standard InChI is InChI=1S/C29H26F8N2O3S/c1-18-17-26(43(41,42)23-8-6-22(30)7-9-23,13-10-24(18)39-25(40)16-19-11-14-38-15-12-19)20-2-4-21(5-3-20)27(31,28(32,33)34)29(35,36)37/h2-9,11-12,14-15,18,24H,10,13,16-17H2,1H3,(H,39,40)/t18-,24?,26-/m1/s1. The molecule has 2 aromatic carbocycles. The average molecular weight is 635 g/mol. The number of pyridine rings is 1. The van der Waals surface area contributed by atoms with E-state index in [1.165, 1.54) is 12.4 Å². The van der Waals surface area contributed by atoms with Crippen molar-refractivity contribution in [3.05, 3.63) is 95.6 Å². The number of sulfone groups is 1. The van der Waals surface area contributed by atoms with Gasteiger partial charge in [-0.25, -0.2) is 17.2 Å². The predicted octanol–water partition coefficient (Wildman–Crippen LogP) is 6.73. The van der Waals surface area contributed by atoms with Crippen LogP contribution in [0.5, 0.6) is 0 Å². The van der Waals surface area contributed by atoms with Crippen LogP contribution in [0, 0.1) is 11.7 Å². The molecule has 1 aliphatic rings. The van der Waals surface area contributed by atoms with Crippen LogP contribution in [-0.2, 0) is 31.5 Å². The van der Waals surface area contributed by atoms with Crippen LogP contribution in [0.3, 0.4) is 0 Å². The van der Waals surface area contributed by atoms with Crippen molar-refractivity contribution in [1.29, 1.82) is 0 Å². The van der Waals surface area contributed by atoms with Gasteiger partial charge in [0.25, 0.3) is 0 Å². The molecule has 0 spiro atoms. The summed E-state index contributed by atoms with van der Waals surface area (Å²) < 4.78 is 135. The highest BCUT2D eigenvalue weighted by Gasteiger charge is 2.73. The van der Waals surface area contributed by atoms with Gasteiger partial charge in [0.1, 0.15) is 10.6 Å². The molecule has 1 amide bonds. The molecule has 0 bridgehead atoms. The molecule has 3 atom stereocenters. The molecule has 0 saturated heterocycles. The smallest absolute Gasteiger partial charge is 0.353 e. The van der Waals surface area contributed by atoms with E-state index in [-0.39, 0.29) is 54.2 Å². The molecule has 1 saturated carbocycles. The Hall–Kier alpha value is -3.55. The number of carbonyl (C=O) groups is 1. The number of hydrogen-bond donors (Lipinski definition) is 1. The predicted molar refractivity (Wildman–Crippen MR) is 139 cm³/mol. The van der Waals surface area contributed by atoms with Gasteiger partial charge in [0.2, 0.25) is 5.91 Å². The third-order valence-electron chi connectivity index (χ3n) is 7.89. The molecular weight excluding hydrogens is 608 g/mol. The fourth-order valence-corrected chi connectivity index (χ4v) is 7.85. The summed E-state index contributed by atoms with van der Waals surface area (Å²) in [5.74, 6) is -1.62. The van der Waals surface area contributed by atoms with Gasteiger partial charge in [-0.1, -0.05) is 31.2 Å². The number of carbonyl (C=O) groups excluding carboxylic acids is 1. The Labute approximate surface area is 242 Å². The van der Waals surface area contributed by atoms with E-state index in [1.807, 2.05) is 0 Å². The Balaban J connectivity index is 1.72. The van der Waals surface area contributed by atoms with E-state index in [4.69, 9.17) is 0 Å². The summed E-state index contributed by atoms with van der Waals surface area (Å²) in [7, 11) is -4.46. The molecule has 1 N–H and O–H groups in total. The zero-order chi connectivity index (χ0) is 31.8. The Morgan fingerprint density at radius 1 is 0.907 bits per heavy atom. The number of aromatic nitrogens is 1. The molecule has 43 heavy (non-hydrogen) atoms. The normalized spacial score (nSPS) is 21.8. The first-order valence-corrected chi connectivity index (χ1v) is 14.5. The number of amides is 1. The average Bonchev–Trinajstić information content (AvgIpc) is 2.93. The maximum Gasteiger partial charge on any atom is 0.435 e. The van der Waals surface area contributed by atoms with Crippen LogP contribution in [0.25, 0.3) is 0 Å². The summed E-state index contributed by atoms with van der Waals surface area (Å²) in [4.78, 5) is 16.3. The molecule has 3 aromatic rings. The third kappa shape index (κ3) is 5.98. The molecule has 14 heteroatoms. The summed E-state index contributed by atoms with van der Waals surface area (Å²) in [6, 6.07) is 8.67. The second-order valence-corrected chi connectivity index (χ2v) is 12.9. The minimum absolute atomic E-state index is 0.0234. The van der Waals surface area contributed by atoms with Gasteiger partial charge in [-0.2, -0.15) is 26.3 Å². The van der Waals surface area contributed by atoms with Gasteiger partial charge in [0, 0.05) is 24.0 Å². The van der Waals surface area contributed by atoms with Crippen LogP contribution in [0.1, 0.15) is 42.9 Å². The van der Waals surface area contributed by atoms with Crippen LogP contribution in [0.15, 0.2) is 78.0 Å². The van der Waals surface area contributed by atoms with Gasteiger partial charge < -0.3 is 5.32 Å². The van der Waals surface area contributed by atoms with E-state index in [9.17, 15) is 48.3 Å². The van der Waals surface area contributed by atoms with Crippen LogP contribution in [0.2, 0.25) is 0 Å². The molecule has 232 valence electrons. The lowest BCUT2D eigenvalue weighted by Gasteiger charge is -2.44. The monoisotopic (exact) mass is 634 g/mol. The first-order valence-electron chi connectivity index (χ1n) is 13.0. The number of hydrogen-bond acceptors (Lipinski definition) is 4. The molecule has 1 heterocycles. The molecule has 0 radical (unpaired) electrons. The first-order chi connectivity index (χ1) is 19.9. The second-order valence-electron chi connectivity index (χ2n) is 10.6. The van der Waals surface area contributed by atoms with E-state index in [1.54, 1.807) is 19.1 Å². The summed E-state index contributed by atoms with van der Waals surface area (Å²) in [6.45, 7) is 1.65. The molecule has 1 aromatic heterocycles. The fourth-order valence-electron chi connectivity index (χ4n) is 5.59. The highest BCUT2D eigenvalue weighted by Crippen LogP contribution is 2.54. The topological polar surface area (TPSA) is 76.1 Å². The molecular formula is C29H26F8N2O3S. The van der Waals surface area contributed by atoms with Crippen LogP contribution >= 0.6 is 0 Å². The molecule has 4 rings (SSSR count). The zero-order valence-corrected chi connectivity index (χ0v) is 23.3. The Kier molecular flexibility index (Phi) is 8.66.